The van der Waals surface area contributed by atoms with Crippen LogP contribution in [-0.4, -0.2) is 7.22 Å². The summed E-state index contributed by atoms with van der Waals surface area (Å²) in [7, 11) is -1.10. The van der Waals surface area contributed by atoms with Gasteiger partial charge in [-0.25, -0.2) is 0 Å². The third-order valence-electron chi connectivity index (χ3n) is 1.25. The predicted molar refractivity (Wildman–Crippen MR) is 60.7 cm³/mol. The molecule has 0 spiro atoms. The highest BCUT2D eigenvalue weighted by atomic mass is 35.5. The van der Waals surface area contributed by atoms with Gasteiger partial charge < -0.3 is 0 Å². The maximum absolute atomic E-state index is 6.03. The van der Waals surface area contributed by atoms with Crippen LogP contribution in [0.4, 0.5) is 0 Å². The van der Waals surface area contributed by atoms with E-state index >= 15 is 0 Å². The molecule has 1 rings (SSSR count). The summed E-state index contributed by atoms with van der Waals surface area (Å²) in [5.74, 6) is 0. The van der Waals surface area contributed by atoms with Gasteiger partial charge in [0.25, 0.3) is 0 Å². The lowest BCUT2D eigenvalue weighted by Crippen LogP contribution is -2.13. The number of hydrogen-bond acceptors (Lipinski definition) is 1. The standard InChI is InChI=1S/C9H13ClSSi/c1-12(2,3)11-9-7-5-4-6-8(9)10/h4-7H,1-3H3. The van der Waals surface area contributed by atoms with Gasteiger partial charge in [-0.2, -0.15) is 11.2 Å². The summed E-state index contributed by atoms with van der Waals surface area (Å²) in [5, 5.41) is 0.880. The highest BCUT2D eigenvalue weighted by Gasteiger charge is 2.15. The average molecular weight is 217 g/mol. The van der Waals surface area contributed by atoms with Crippen LogP contribution in [-0.2, 0) is 0 Å². The third-order valence-corrected chi connectivity index (χ3v) is 5.38. The fourth-order valence-corrected chi connectivity index (χ4v) is 4.79. The van der Waals surface area contributed by atoms with Crippen molar-refractivity contribution in [2.45, 2.75) is 24.5 Å². The molecule has 0 atom stereocenters. The van der Waals surface area contributed by atoms with E-state index in [1.54, 1.807) is 0 Å². The van der Waals surface area contributed by atoms with Gasteiger partial charge in [0.1, 0.15) is 7.22 Å². The van der Waals surface area contributed by atoms with Crippen molar-refractivity contribution in [3.8, 4) is 0 Å². The Morgan fingerprint density at radius 1 is 1.17 bits per heavy atom. The van der Waals surface area contributed by atoms with Crippen molar-refractivity contribution in [2.75, 3.05) is 0 Å². The first-order chi connectivity index (χ1) is 5.49. The quantitative estimate of drug-likeness (QED) is 0.666. The summed E-state index contributed by atoms with van der Waals surface area (Å²) in [6.45, 7) is 6.96. The zero-order valence-electron chi connectivity index (χ0n) is 7.60. The lowest BCUT2D eigenvalue weighted by molar-refractivity contribution is 1.47. The molecule has 12 heavy (non-hydrogen) atoms. The zero-order chi connectivity index (χ0) is 9.19. The van der Waals surface area contributed by atoms with Crippen LogP contribution >= 0.6 is 22.8 Å². The summed E-state index contributed by atoms with van der Waals surface area (Å²) in [4.78, 5) is 1.22. The van der Waals surface area contributed by atoms with Crippen molar-refractivity contribution < 1.29 is 0 Å². The summed E-state index contributed by atoms with van der Waals surface area (Å²) >= 11 is 7.97. The molecule has 0 saturated carbocycles. The second-order valence-electron chi connectivity index (χ2n) is 3.64. The smallest absolute Gasteiger partial charge is 0.114 e. The Balaban J connectivity index is 2.83. The molecule has 0 unspecified atom stereocenters. The Hall–Kier alpha value is 0.0769. The molecule has 0 bridgehead atoms. The maximum atomic E-state index is 6.03. The second kappa shape index (κ2) is 3.86. The van der Waals surface area contributed by atoms with Gasteiger partial charge in [-0.15, -0.1) is 0 Å². The number of rotatable bonds is 2. The van der Waals surface area contributed by atoms with E-state index in [2.05, 4.69) is 25.7 Å². The van der Waals surface area contributed by atoms with E-state index in [1.807, 2.05) is 29.4 Å². The molecule has 0 aromatic heterocycles. The van der Waals surface area contributed by atoms with E-state index in [1.165, 1.54) is 4.90 Å². The Morgan fingerprint density at radius 2 is 1.75 bits per heavy atom. The van der Waals surface area contributed by atoms with Crippen LogP contribution in [0.2, 0.25) is 24.7 Å². The first-order valence-electron chi connectivity index (χ1n) is 3.92. The van der Waals surface area contributed by atoms with Gasteiger partial charge in [-0.3, -0.25) is 0 Å². The highest BCUT2D eigenvalue weighted by Crippen LogP contribution is 2.33. The predicted octanol–water partition coefficient (Wildman–Crippen LogP) is 4.27. The molecule has 3 heteroatoms. The zero-order valence-corrected chi connectivity index (χ0v) is 10.2. The van der Waals surface area contributed by atoms with Crippen LogP contribution in [0.15, 0.2) is 29.2 Å². The summed E-state index contributed by atoms with van der Waals surface area (Å²) in [6, 6.07) is 8.04. The molecule has 1 aromatic carbocycles. The first-order valence-corrected chi connectivity index (χ1v) is 9.34. The molecular formula is C9H13ClSSi. The SMILES string of the molecule is C[Si](C)(C)Sc1ccccc1Cl. The Kier molecular flexibility index (Phi) is 3.27. The van der Waals surface area contributed by atoms with Gasteiger partial charge in [-0.1, -0.05) is 43.4 Å². The van der Waals surface area contributed by atoms with Crippen LogP contribution in [0.5, 0.6) is 0 Å². The van der Waals surface area contributed by atoms with Crippen molar-refractivity contribution in [1.82, 2.24) is 0 Å². The minimum atomic E-state index is -1.10. The van der Waals surface area contributed by atoms with Gasteiger partial charge in [0.15, 0.2) is 0 Å². The van der Waals surface area contributed by atoms with Crippen molar-refractivity contribution in [3.05, 3.63) is 29.3 Å². The first kappa shape index (κ1) is 10.2. The van der Waals surface area contributed by atoms with Crippen LogP contribution in [0.3, 0.4) is 0 Å². The molecule has 66 valence electrons. The Labute approximate surface area is 84.0 Å². The van der Waals surface area contributed by atoms with Crippen LogP contribution in [0, 0.1) is 0 Å². The summed E-state index contributed by atoms with van der Waals surface area (Å²) in [6.07, 6.45) is 0. The molecule has 0 N–H and O–H groups in total. The molecule has 0 aliphatic rings. The molecule has 1 aromatic rings. The van der Waals surface area contributed by atoms with E-state index < -0.39 is 7.22 Å². The van der Waals surface area contributed by atoms with Crippen molar-refractivity contribution >= 4 is 30.0 Å². The Morgan fingerprint density at radius 3 is 2.25 bits per heavy atom. The van der Waals surface area contributed by atoms with Crippen molar-refractivity contribution in [3.63, 3.8) is 0 Å². The lowest BCUT2D eigenvalue weighted by Gasteiger charge is -2.15. The van der Waals surface area contributed by atoms with Gasteiger partial charge in [-0.05, 0) is 12.1 Å². The van der Waals surface area contributed by atoms with E-state index in [0.29, 0.717) is 0 Å². The molecule has 0 fully saturated rings. The molecule has 0 aliphatic heterocycles. The molecule has 0 saturated heterocycles. The number of halogens is 1. The largest absolute Gasteiger partial charge is 0.150 e. The van der Waals surface area contributed by atoms with Crippen LogP contribution in [0.1, 0.15) is 0 Å². The second-order valence-corrected chi connectivity index (χ2v) is 13.2. The molecule has 0 radical (unpaired) electrons. The molecule has 0 nitrogen and oxygen atoms in total. The van der Waals surface area contributed by atoms with Crippen molar-refractivity contribution in [1.29, 1.82) is 0 Å². The summed E-state index contributed by atoms with van der Waals surface area (Å²) < 4.78 is 0. The Bertz CT molecular complexity index is 267. The lowest BCUT2D eigenvalue weighted by atomic mass is 10.4. The minimum absolute atomic E-state index is 0.880. The van der Waals surface area contributed by atoms with Crippen LogP contribution < -0.4 is 0 Å². The van der Waals surface area contributed by atoms with Gasteiger partial charge >= 0.3 is 0 Å². The molecule has 0 amide bonds. The van der Waals surface area contributed by atoms with Gasteiger partial charge in [0.2, 0.25) is 0 Å². The minimum Gasteiger partial charge on any atom is -0.150 e. The average Bonchev–Trinajstić information content (AvgIpc) is 1.91. The van der Waals surface area contributed by atoms with E-state index in [0.717, 1.165) is 5.02 Å². The maximum Gasteiger partial charge on any atom is 0.114 e. The van der Waals surface area contributed by atoms with Crippen molar-refractivity contribution in [2.24, 2.45) is 0 Å². The molecular weight excluding hydrogens is 204 g/mol. The van der Waals surface area contributed by atoms with E-state index in [-0.39, 0.29) is 0 Å². The fourth-order valence-electron chi connectivity index (χ4n) is 0.857. The third kappa shape index (κ3) is 3.21. The number of benzene rings is 1. The normalized spacial score (nSPS) is 11.7. The monoisotopic (exact) mass is 216 g/mol. The van der Waals surface area contributed by atoms with E-state index in [4.69, 9.17) is 11.6 Å². The highest BCUT2D eigenvalue weighted by molar-refractivity contribution is 8.28. The van der Waals surface area contributed by atoms with Gasteiger partial charge in [0.05, 0.1) is 5.02 Å². The van der Waals surface area contributed by atoms with E-state index in [9.17, 15) is 0 Å². The van der Waals surface area contributed by atoms with Gasteiger partial charge in [0, 0.05) is 4.90 Å². The molecule has 0 aliphatic carbocycles. The topological polar surface area (TPSA) is 0 Å². The van der Waals surface area contributed by atoms with Crippen LogP contribution in [0.25, 0.3) is 0 Å². The molecule has 0 heterocycles. The fraction of sp³-hybridized carbons (Fsp3) is 0.333. The number of hydrogen-bond donors (Lipinski definition) is 0. The summed E-state index contributed by atoms with van der Waals surface area (Å²) in [5.41, 5.74) is 0.